The van der Waals surface area contributed by atoms with Crippen molar-refractivity contribution >= 4 is 60.6 Å². The van der Waals surface area contributed by atoms with Gasteiger partial charge in [0, 0.05) is 67.4 Å². The number of piperazine rings is 1. The number of carboxylic acids is 1. The summed E-state index contributed by atoms with van der Waals surface area (Å²) in [5.41, 5.74) is 4.41. The van der Waals surface area contributed by atoms with E-state index in [0.29, 0.717) is 50.0 Å². The van der Waals surface area contributed by atoms with E-state index in [1.807, 2.05) is 42.6 Å². The number of halogens is 4. The Labute approximate surface area is 356 Å². The predicted molar refractivity (Wildman–Crippen MR) is 228 cm³/mol. The number of alkyl halides is 3. The first kappa shape index (κ1) is 41.5. The van der Waals surface area contributed by atoms with Gasteiger partial charge in [0.2, 0.25) is 12.0 Å². The Balaban J connectivity index is 1.13. The Hall–Kier alpha value is -5.26. The highest BCUT2D eigenvalue weighted by Crippen LogP contribution is 2.47. The van der Waals surface area contributed by atoms with Crippen molar-refractivity contribution in [3.05, 3.63) is 106 Å². The molecule has 1 saturated heterocycles. The van der Waals surface area contributed by atoms with Crippen molar-refractivity contribution in [2.24, 2.45) is 0 Å². The molecule has 7 aromatic rings. The van der Waals surface area contributed by atoms with Gasteiger partial charge in [-0.1, -0.05) is 54.1 Å². The van der Waals surface area contributed by atoms with Crippen molar-refractivity contribution < 1.29 is 37.3 Å². The molecule has 0 spiro atoms. The van der Waals surface area contributed by atoms with Crippen molar-refractivity contribution in [2.45, 2.75) is 38.8 Å². The fraction of sp³-hybridized carbons (Fsp3) is 0.302. The molecule has 0 saturated carbocycles. The first-order valence-corrected chi connectivity index (χ1v) is 21.2. The summed E-state index contributed by atoms with van der Waals surface area (Å²) in [5, 5.41) is 18.4. The highest BCUT2D eigenvalue weighted by molar-refractivity contribution is 7.17. The number of pyridine rings is 1. The molecule has 60 heavy (non-hydrogen) atoms. The van der Waals surface area contributed by atoms with E-state index in [2.05, 4.69) is 32.4 Å². The van der Waals surface area contributed by atoms with Crippen LogP contribution in [0.15, 0.2) is 84.5 Å². The van der Waals surface area contributed by atoms with Gasteiger partial charge in [0.15, 0.2) is 0 Å². The minimum atomic E-state index is -4.47. The van der Waals surface area contributed by atoms with Gasteiger partial charge in [-0.25, -0.2) is 4.79 Å². The van der Waals surface area contributed by atoms with Crippen LogP contribution in [0.25, 0.3) is 42.6 Å². The number of fused-ring (bicyclic) bond motifs is 2. The maximum Gasteiger partial charge on any atom is 0.408 e. The lowest BCUT2D eigenvalue weighted by atomic mass is 9.93. The van der Waals surface area contributed by atoms with Gasteiger partial charge < -0.3 is 24.2 Å². The number of ether oxygens (including phenoxy) is 3. The van der Waals surface area contributed by atoms with Crippen LogP contribution >= 0.6 is 34.5 Å². The average Bonchev–Trinajstić information content (AvgIpc) is 3.99. The normalized spacial score (nSPS) is 14.5. The number of aromatic nitrogens is 4. The van der Waals surface area contributed by atoms with Crippen LogP contribution in [-0.2, 0) is 24.4 Å². The molecule has 4 aromatic heterocycles. The fourth-order valence-corrected chi connectivity index (χ4v) is 9.14. The van der Waals surface area contributed by atoms with E-state index in [1.165, 1.54) is 12.3 Å². The molecule has 1 fully saturated rings. The molecule has 8 rings (SSSR count). The van der Waals surface area contributed by atoms with Gasteiger partial charge >= 0.3 is 12.1 Å². The number of nitrogens with zero attached hydrogens (tertiary/aromatic N) is 6. The van der Waals surface area contributed by atoms with E-state index in [4.69, 9.17) is 30.8 Å². The van der Waals surface area contributed by atoms with Crippen molar-refractivity contribution in [1.82, 2.24) is 28.9 Å². The molecule has 0 bridgehead atoms. The van der Waals surface area contributed by atoms with Gasteiger partial charge in [-0.05, 0) is 77.2 Å². The molecule has 17 heteroatoms. The van der Waals surface area contributed by atoms with E-state index >= 15 is 0 Å². The standard InChI is InChI=1S/C43H40ClF3N6O5S2/c1-26-30(10-11-33(38(26)44)56-20-19-52-17-15-51(2)16-18-52)36-37-35(23-48-39(36)31-8-5-7-27-13-21-59-40(27)31)60-50-41(37)58-34(42(54)55)22-28-6-3-4-9-32(28)57-24-29-12-14-49-53(29)25-43(45,46)47/h3-14,21,23,34H,15-20,22,24-25H2,1-2H3,(H,54,55)/t34-/m1/s1. The molecule has 11 nitrogen and oxygen atoms in total. The summed E-state index contributed by atoms with van der Waals surface area (Å²) >= 11 is 9.84. The van der Waals surface area contributed by atoms with Gasteiger partial charge in [0.1, 0.15) is 31.3 Å². The van der Waals surface area contributed by atoms with E-state index in [1.54, 1.807) is 41.8 Å². The van der Waals surface area contributed by atoms with Crippen LogP contribution in [-0.4, -0.2) is 98.7 Å². The number of hydrogen-bond donors (Lipinski definition) is 1. The molecule has 312 valence electrons. The number of benzene rings is 3. The Bertz CT molecular complexity index is 2640. The van der Waals surface area contributed by atoms with Crippen molar-refractivity contribution in [2.75, 3.05) is 46.4 Å². The summed E-state index contributed by atoms with van der Waals surface area (Å²) in [7, 11) is 2.12. The number of para-hydroxylation sites is 1. The van der Waals surface area contributed by atoms with Gasteiger partial charge in [0.25, 0.3) is 0 Å². The van der Waals surface area contributed by atoms with Crippen molar-refractivity contribution in [3.63, 3.8) is 0 Å². The highest BCUT2D eigenvalue weighted by Gasteiger charge is 2.31. The minimum absolute atomic E-state index is 0.108. The molecule has 3 aromatic carbocycles. The second-order valence-corrected chi connectivity index (χ2v) is 16.6. The third kappa shape index (κ3) is 9.07. The van der Waals surface area contributed by atoms with Gasteiger partial charge in [-0.15, -0.1) is 11.3 Å². The summed E-state index contributed by atoms with van der Waals surface area (Å²) in [4.78, 5) is 22.6. The van der Waals surface area contributed by atoms with Gasteiger partial charge in [-0.3, -0.25) is 14.6 Å². The van der Waals surface area contributed by atoms with Crippen LogP contribution in [0.1, 0.15) is 16.8 Å². The summed E-state index contributed by atoms with van der Waals surface area (Å²) in [6, 6.07) is 20.1. The maximum absolute atomic E-state index is 13.1. The minimum Gasteiger partial charge on any atom is -0.491 e. The lowest BCUT2D eigenvalue weighted by molar-refractivity contribution is -0.145. The smallest absolute Gasteiger partial charge is 0.408 e. The molecular weight excluding hydrogens is 837 g/mol. The number of thiophene rings is 1. The molecule has 5 heterocycles. The largest absolute Gasteiger partial charge is 0.491 e. The molecule has 0 unspecified atom stereocenters. The summed E-state index contributed by atoms with van der Waals surface area (Å²) in [6.07, 6.45) is -3.04. The van der Waals surface area contributed by atoms with Crippen LogP contribution in [0.2, 0.25) is 5.02 Å². The third-order valence-corrected chi connectivity index (χ3v) is 12.7. The summed E-state index contributed by atoms with van der Waals surface area (Å²) < 4.78 is 65.2. The number of rotatable bonds is 15. The number of hydrogen-bond acceptors (Lipinski definition) is 11. The molecule has 1 atom stereocenters. The maximum atomic E-state index is 13.1. The van der Waals surface area contributed by atoms with E-state index in [9.17, 15) is 23.1 Å². The molecule has 1 aliphatic rings. The van der Waals surface area contributed by atoms with Crippen molar-refractivity contribution in [3.8, 4) is 39.8 Å². The monoisotopic (exact) mass is 876 g/mol. The number of carboxylic acid groups (broad SMARTS) is 1. The number of aliphatic carboxylic acids is 1. The number of carbonyl (C=O) groups is 1. The second kappa shape index (κ2) is 17.8. The molecule has 1 N–H and O–H groups in total. The van der Waals surface area contributed by atoms with E-state index in [0.717, 1.165) is 75.7 Å². The fourth-order valence-electron chi connectivity index (χ4n) is 7.31. The molecule has 0 amide bonds. The topological polar surface area (TPSA) is 115 Å². The molecule has 1 aliphatic heterocycles. The quantitative estimate of drug-likeness (QED) is 0.107. The molecule has 0 radical (unpaired) electrons. The van der Waals surface area contributed by atoms with Gasteiger partial charge in [0.05, 0.1) is 26.5 Å². The SMILES string of the molecule is Cc1c(-c2c(-c3cccc4ccsc34)ncc3snc(O[C@H](Cc4ccccc4OCc4ccnn4CC(F)(F)F)C(=O)O)c23)ccc(OCCN2CCN(C)CC2)c1Cl. The zero-order valence-corrected chi connectivity index (χ0v) is 35.0. The Kier molecular flexibility index (Phi) is 12.3. The highest BCUT2D eigenvalue weighted by atomic mass is 35.5. The Morgan fingerprint density at radius 2 is 1.80 bits per heavy atom. The zero-order valence-electron chi connectivity index (χ0n) is 32.6. The first-order valence-electron chi connectivity index (χ1n) is 19.2. The van der Waals surface area contributed by atoms with Crippen molar-refractivity contribution in [1.29, 1.82) is 0 Å². The average molecular weight is 877 g/mol. The Morgan fingerprint density at radius 3 is 2.60 bits per heavy atom. The van der Waals surface area contributed by atoms with E-state index < -0.39 is 24.8 Å². The first-order chi connectivity index (χ1) is 28.9. The molecule has 0 aliphatic carbocycles. The summed E-state index contributed by atoms with van der Waals surface area (Å²) in [5.74, 6) is -0.282. The zero-order chi connectivity index (χ0) is 42.0. The number of likely N-dealkylation sites (N-methyl/N-ethyl adjacent to an activating group) is 1. The van der Waals surface area contributed by atoms with Crippen LogP contribution in [0.4, 0.5) is 13.2 Å². The van der Waals surface area contributed by atoms with Gasteiger partial charge in [-0.2, -0.15) is 22.6 Å². The van der Waals surface area contributed by atoms with Crippen LogP contribution in [0, 0.1) is 6.92 Å². The predicted octanol–water partition coefficient (Wildman–Crippen LogP) is 9.24. The van der Waals surface area contributed by atoms with Crippen LogP contribution < -0.4 is 14.2 Å². The second-order valence-electron chi connectivity index (χ2n) is 14.5. The lowest BCUT2D eigenvalue weighted by Crippen LogP contribution is -2.45. The third-order valence-electron chi connectivity index (χ3n) is 10.5. The molecular formula is C43H40ClF3N6O5S2. The van der Waals surface area contributed by atoms with Crippen LogP contribution in [0.3, 0.4) is 0 Å². The summed E-state index contributed by atoms with van der Waals surface area (Å²) in [6.45, 7) is 5.67. The van der Waals surface area contributed by atoms with E-state index in [-0.39, 0.29) is 24.6 Å². The lowest BCUT2D eigenvalue weighted by Gasteiger charge is -2.32. The Morgan fingerprint density at radius 1 is 0.983 bits per heavy atom. The van der Waals surface area contributed by atoms with Crippen LogP contribution in [0.5, 0.6) is 17.4 Å².